The first-order chi connectivity index (χ1) is 9.82. The van der Waals surface area contributed by atoms with Crippen LogP contribution >= 0.6 is 11.6 Å². The van der Waals surface area contributed by atoms with Crippen LogP contribution in [0, 0.1) is 0 Å². The van der Waals surface area contributed by atoms with E-state index in [1.807, 2.05) is 26.0 Å². The van der Waals surface area contributed by atoms with Crippen LogP contribution in [0.4, 0.5) is 0 Å². The molecule has 0 heterocycles. The summed E-state index contributed by atoms with van der Waals surface area (Å²) in [7, 11) is -1.63. The van der Waals surface area contributed by atoms with Crippen molar-refractivity contribution in [1.82, 2.24) is 4.90 Å². The van der Waals surface area contributed by atoms with Gasteiger partial charge in [-0.1, -0.05) is 43.4 Å². The van der Waals surface area contributed by atoms with Crippen LogP contribution in [-0.2, 0) is 4.74 Å². The molecule has 0 atom stereocenters. The Morgan fingerprint density at radius 1 is 1.29 bits per heavy atom. The second-order valence-electron chi connectivity index (χ2n) is 5.99. The first kappa shape index (κ1) is 18.2. The fourth-order valence-corrected chi connectivity index (χ4v) is 4.17. The summed E-state index contributed by atoms with van der Waals surface area (Å²) < 4.78 is 5.36. The van der Waals surface area contributed by atoms with Crippen LogP contribution in [0.3, 0.4) is 0 Å². The summed E-state index contributed by atoms with van der Waals surface area (Å²) in [4.78, 5) is 14.7. The number of ether oxygens (including phenoxy) is 1. The zero-order valence-electron chi connectivity index (χ0n) is 13.7. The van der Waals surface area contributed by atoms with Crippen LogP contribution in [0.25, 0.3) is 0 Å². The van der Waals surface area contributed by atoms with Crippen LogP contribution < -0.4 is 5.19 Å². The van der Waals surface area contributed by atoms with Gasteiger partial charge in [0.15, 0.2) is 0 Å². The molecule has 1 aromatic carbocycles. The standard InChI is InChI=1S/C16H26ClNO2Si/c1-6-18(11-12-20-7-2)16(19)15-13(17)9-8-10-14(15)21(3,4)5/h8-10H,6-7,11-12H2,1-5H3. The lowest BCUT2D eigenvalue weighted by atomic mass is 10.2. The number of halogens is 1. The van der Waals surface area contributed by atoms with E-state index in [2.05, 4.69) is 19.6 Å². The third-order valence-corrected chi connectivity index (χ3v) is 5.76. The van der Waals surface area contributed by atoms with Crippen LogP contribution in [0.1, 0.15) is 24.2 Å². The van der Waals surface area contributed by atoms with E-state index in [0.717, 1.165) is 5.19 Å². The van der Waals surface area contributed by atoms with Crippen molar-refractivity contribution in [3.05, 3.63) is 28.8 Å². The smallest absolute Gasteiger partial charge is 0.255 e. The quantitative estimate of drug-likeness (QED) is 0.567. The molecule has 3 nitrogen and oxygen atoms in total. The van der Waals surface area contributed by atoms with Gasteiger partial charge in [-0.15, -0.1) is 0 Å². The molecule has 5 heteroatoms. The third-order valence-electron chi connectivity index (χ3n) is 3.41. The van der Waals surface area contributed by atoms with E-state index in [0.29, 0.717) is 36.9 Å². The van der Waals surface area contributed by atoms with Crippen molar-refractivity contribution in [1.29, 1.82) is 0 Å². The minimum atomic E-state index is -1.63. The molecule has 0 radical (unpaired) electrons. The summed E-state index contributed by atoms with van der Waals surface area (Å²) in [6.07, 6.45) is 0. The lowest BCUT2D eigenvalue weighted by molar-refractivity contribution is 0.0670. The van der Waals surface area contributed by atoms with Gasteiger partial charge in [-0.25, -0.2) is 0 Å². The summed E-state index contributed by atoms with van der Waals surface area (Å²) in [6.45, 7) is 13.1. The molecule has 0 N–H and O–H groups in total. The van der Waals surface area contributed by atoms with Gasteiger partial charge in [0.25, 0.3) is 5.91 Å². The van der Waals surface area contributed by atoms with Crippen molar-refractivity contribution >= 4 is 30.8 Å². The number of carbonyl (C=O) groups excluding carboxylic acids is 1. The van der Waals surface area contributed by atoms with Gasteiger partial charge in [0, 0.05) is 19.7 Å². The molecule has 0 unspecified atom stereocenters. The Hall–Kier alpha value is -0.843. The number of hydrogen-bond donors (Lipinski definition) is 0. The maximum Gasteiger partial charge on any atom is 0.255 e. The van der Waals surface area contributed by atoms with E-state index < -0.39 is 8.07 Å². The molecule has 0 fully saturated rings. The number of rotatable bonds is 7. The van der Waals surface area contributed by atoms with Crippen molar-refractivity contribution in [3.8, 4) is 0 Å². The average molecular weight is 328 g/mol. The topological polar surface area (TPSA) is 29.5 Å². The maximum atomic E-state index is 12.9. The minimum absolute atomic E-state index is 0.0141. The molecule has 0 aliphatic heterocycles. The Kier molecular flexibility index (Phi) is 6.91. The molecular weight excluding hydrogens is 302 g/mol. The second kappa shape index (κ2) is 7.97. The van der Waals surface area contributed by atoms with Crippen LogP contribution in [0.15, 0.2) is 18.2 Å². The summed E-state index contributed by atoms with van der Waals surface area (Å²) in [5.74, 6) is 0.0141. The maximum absolute atomic E-state index is 12.9. The molecule has 1 amide bonds. The monoisotopic (exact) mass is 327 g/mol. The molecule has 0 aliphatic rings. The first-order valence-corrected chi connectivity index (χ1v) is 11.4. The molecule has 0 saturated carbocycles. The number of nitrogens with zero attached hydrogens (tertiary/aromatic N) is 1. The molecule has 1 aromatic rings. The lowest BCUT2D eigenvalue weighted by Crippen LogP contribution is -2.45. The third kappa shape index (κ3) is 4.83. The predicted molar refractivity (Wildman–Crippen MR) is 92.5 cm³/mol. The molecule has 1 rings (SSSR count). The van der Waals surface area contributed by atoms with E-state index >= 15 is 0 Å². The molecule has 0 bridgehead atoms. The highest BCUT2D eigenvalue weighted by molar-refractivity contribution is 6.89. The van der Waals surface area contributed by atoms with Crippen molar-refractivity contribution in [2.45, 2.75) is 33.5 Å². The summed E-state index contributed by atoms with van der Waals surface area (Å²) in [6, 6.07) is 5.78. The van der Waals surface area contributed by atoms with Gasteiger partial charge >= 0.3 is 0 Å². The highest BCUT2D eigenvalue weighted by atomic mass is 35.5. The van der Waals surface area contributed by atoms with E-state index in [4.69, 9.17) is 16.3 Å². The second-order valence-corrected chi connectivity index (χ2v) is 11.4. The Morgan fingerprint density at radius 3 is 2.48 bits per heavy atom. The average Bonchev–Trinajstić information content (AvgIpc) is 2.42. The zero-order valence-corrected chi connectivity index (χ0v) is 15.5. The fraction of sp³-hybridized carbons (Fsp3) is 0.562. The number of likely N-dealkylation sites (N-methyl/N-ethyl adjacent to an activating group) is 1. The van der Waals surface area contributed by atoms with Gasteiger partial charge in [0.1, 0.15) is 0 Å². The van der Waals surface area contributed by atoms with E-state index in [9.17, 15) is 4.79 Å². The van der Waals surface area contributed by atoms with Crippen LogP contribution in [0.2, 0.25) is 24.7 Å². The van der Waals surface area contributed by atoms with E-state index in [1.165, 1.54) is 0 Å². The van der Waals surface area contributed by atoms with Gasteiger partial charge in [-0.2, -0.15) is 0 Å². The Balaban J connectivity index is 3.10. The van der Waals surface area contributed by atoms with Gasteiger partial charge in [-0.05, 0) is 25.1 Å². The van der Waals surface area contributed by atoms with Gasteiger partial charge < -0.3 is 9.64 Å². The highest BCUT2D eigenvalue weighted by Crippen LogP contribution is 2.19. The van der Waals surface area contributed by atoms with Crippen LogP contribution in [-0.4, -0.2) is 45.2 Å². The van der Waals surface area contributed by atoms with E-state index in [-0.39, 0.29) is 5.91 Å². The largest absolute Gasteiger partial charge is 0.380 e. The van der Waals surface area contributed by atoms with Gasteiger partial charge in [0.05, 0.1) is 25.3 Å². The Morgan fingerprint density at radius 2 is 1.95 bits per heavy atom. The Bertz CT molecular complexity index is 486. The number of amides is 1. The molecule has 21 heavy (non-hydrogen) atoms. The summed E-state index contributed by atoms with van der Waals surface area (Å²) in [5, 5.41) is 1.67. The van der Waals surface area contributed by atoms with Crippen molar-refractivity contribution in [3.63, 3.8) is 0 Å². The van der Waals surface area contributed by atoms with Crippen molar-refractivity contribution < 1.29 is 9.53 Å². The minimum Gasteiger partial charge on any atom is -0.380 e. The van der Waals surface area contributed by atoms with Crippen molar-refractivity contribution in [2.75, 3.05) is 26.3 Å². The van der Waals surface area contributed by atoms with E-state index in [1.54, 1.807) is 11.0 Å². The summed E-state index contributed by atoms with van der Waals surface area (Å²) in [5.41, 5.74) is 0.677. The first-order valence-electron chi connectivity index (χ1n) is 7.48. The molecular formula is C16H26ClNO2Si. The molecule has 0 saturated heterocycles. The van der Waals surface area contributed by atoms with Gasteiger partial charge in [-0.3, -0.25) is 4.79 Å². The molecule has 0 aromatic heterocycles. The highest BCUT2D eigenvalue weighted by Gasteiger charge is 2.27. The SMILES string of the molecule is CCOCCN(CC)C(=O)c1c(Cl)cccc1[Si](C)(C)C. The summed E-state index contributed by atoms with van der Waals surface area (Å²) >= 11 is 6.34. The van der Waals surface area contributed by atoms with Gasteiger partial charge in [0.2, 0.25) is 0 Å². The van der Waals surface area contributed by atoms with Crippen molar-refractivity contribution in [2.24, 2.45) is 0 Å². The molecule has 0 spiro atoms. The zero-order chi connectivity index (χ0) is 16.0. The molecule has 0 aliphatic carbocycles. The number of hydrogen-bond acceptors (Lipinski definition) is 2. The Labute approximate surface area is 134 Å². The molecule has 118 valence electrons. The predicted octanol–water partition coefficient (Wildman–Crippen LogP) is 3.38. The number of benzene rings is 1. The number of carbonyl (C=O) groups is 1. The lowest BCUT2D eigenvalue weighted by Gasteiger charge is -2.26. The fourth-order valence-electron chi connectivity index (χ4n) is 2.25. The van der Waals surface area contributed by atoms with Crippen LogP contribution in [0.5, 0.6) is 0 Å². The normalized spacial score (nSPS) is 11.5.